The van der Waals surface area contributed by atoms with Gasteiger partial charge in [0.2, 0.25) is 0 Å². The summed E-state index contributed by atoms with van der Waals surface area (Å²) in [5.74, 6) is 1.90. The molecule has 2 aliphatic heterocycles. The fourth-order valence-electron chi connectivity index (χ4n) is 3.98. The minimum atomic E-state index is 0.945. The lowest BCUT2D eigenvalue weighted by atomic mass is 9.83. The van der Waals surface area contributed by atoms with E-state index in [2.05, 4.69) is 42.3 Å². The summed E-state index contributed by atoms with van der Waals surface area (Å²) in [6.45, 7) is 9.47. The molecule has 0 aromatic heterocycles. The fraction of sp³-hybridized carbons (Fsp3) is 0.647. The third-order valence-electron chi connectivity index (χ3n) is 5.06. The van der Waals surface area contributed by atoms with Crippen molar-refractivity contribution in [2.75, 3.05) is 31.1 Å². The van der Waals surface area contributed by atoms with Crippen LogP contribution in [0.1, 0.15) is 30.4 Å². The Balaban J connectivity index is 1.66. The molecule has 2 nitrogen and oxygen atoms in total. The van der Waals surface area contributed by atoms with Crippen LogP contribution in [-0.4, -0.2) is 26.2 Å². The first-order valence-corrected chi connectivity index (χ1v) is 7.77. The van der Waals surface area contributed by atoms with Crippen LogP contribution in [-0.2, 0) is 0 Å². The highest BCUT2D eigenvalue weighted by molar-refractivity contribution is 5.59. The molecule has 1 atom stereocenters. The number of anilines is 1. The average Bonchev–Trinajstić information content (AvgIpc) is 2.93. The molecular formula is C17H26N2. The minimum absolute atomic E-state index is 0.945. The molecule has 0 spiro atoms. The molecule has 2 heteroatoms. The lowest BCUT2D eigenvalue weighted by Crippen LogP contribution is -2.37. The standard InChI is InChI=1S/C17H26N2/c1-13-4-3-5-14(2)17(13)19-10-7-15(8-11-19)16-6-9-18-12-16/h3-5,15-16,18H,6-12H2,1-2H3. The molecule has 2 aliphatic rings. The van der Waals surface area contributed by atoms with E-state index in [-0.39, 0.29) is 0 Å². The summed E-state index contributed by atoms with van der Waals surface area (Å²) in [6, 6.07) is 6.66. The summed E-state index contributed by atoms with van der Waals surface area (Å²) in [6.07, 6.45) is 4.15. The molecule has 0 amide bonds. The third-order valence-corrected chi connectivity index (χ3v) is 5.06. The monoisotopic (exact) mass is 258 g/mol. The van der Waals surface area contributed by atoms with Gasteiger partial charge in [-0.1, -0.05) is 18.2 Å². The van der Waals surface area contributed by atoms with Crippen molar-refractivity contribution >= 4 is 5.69 Å². The van der Waals surface area contributed by atoms with Gasteiger partial charge in [-0.2, -0.15) is 0 Å². The molecule has 0 bridgehead atoms. The molecule has 0 aliphatic carbocycles. The van der Waals surface area contributed by atoms with Gasteiger partial charge in [0.1, 0.15) is 0 Å². The summed E-state index contributed by atoms with van der Waals surface area (Å²) in [5, 5.41) is 3.52. The molecule has 1 aromatic carbocycles. The van der Waals surface area contributed by atoms with Crippen LogP contribution in [0, 0.1) is 25.7 Å². The highest BCUT2D eigenvalue weighted by Gasteiger charge is 2.29. The number of aryl methyl sites for hydroxylation is 2. The van der Waals surface area contributed by atoms with Crippen molar-refractivity contribution in [2.24, 2.45) is 11.8 Å². The van der Waals surface area contributed by atoms with E-state index in [4.69, 9.17) is 0 Å². The number of rotatable bonds is 2. The molecule has 1 unspecified atom stereocenters. The molecule has 19 heavy (non-hydrogen) atoms. The van der Waals surface area contributed by atoms with Crippen molar-refractivity contribution in [3.8, 4) is 0 Å². The van der Waals surface area contributed by atoms with Gasteiger partial charge in [-0.25, -0.2) is 0 Å². The molecule has 2 fully saturated rings. The molecule has 1 N–H and O–H groups in total. The summed E-state index contributed by atoms with van der Waals surface area (Å²) >= 11 is 0. The van der Waals surface area contributed by atoms with Gasteiger partial charge in [-0.3, -0.25) is 0 Å². The number of hydrogen-bond donors (Lipinski definition) is 1. The van der Waals surface area contributed by atoms with Crippen molar-refractivity contribution in [2.45, 2.75) is 33.1 Å². The number of nitrogens with one attached hydrogen (secondary N) is 1. The quantitative estimate of drug-likeness (QED) is 0.877. The zero-order chi connectivity index (χ0) is 13.2. The Morgan fingerprint density at radius 3 is 2.26 bits per heavy atom. The molecular weight excluding hydrogens is 232 g/mol. The average molecular weight is 258 g/mol. The maximum atomic E-state index is 3.52. The summed E-state index contributed by atoms with van der Waals surface area (Å²) < 4.78 is 0. The SMILES string of the molecule is Cc1cccc(C)c1N1CCC(C2CCNC2)CC1. The third kappa shape index (κ3) is 2.64. The van der Waals surface area contributed by atoms with Crippen LogP contribution in [0.3, 0.4) is 0 Å². The van der Waals surface area contributed by atoms with Crippen LogP contribution < -0.4 is 10.2 Å². The number of hydrogen-bond acceptors (Lipinski definition) is 2. The molecule has 3 rings (SSSR count). The molecule has 0 radical (unpaired) electrons. The van der Waals surface area contributed by atoms with Crippen LogP contribution >= 0.6 is 0 Å². The van der Waals surface area contributed by atoms with Gasteiger partial charge in [0.25, 0.3) is 0 Å². The molecule has 2 heterocycles. The second-order valence-corrected chi connectivity index (χ2v) is 6.32. The first-order chi connectivity index (χ1) is 9.25. The second kappa shape index (κ2) is 5.54. The lowest BCUT2D eigenvalue weighted by Gasteiger charge is -2.37. The van der Waals surface area contributed by atoms with Gasteiger partial charge in [0.15, 0.2) is 0 Å². The van der Waals surface area contributed by atoms with Gasteiger partial charge in [-0.15, -0.1) is 0 Å². The van der Waals surface area contributed by atoms with Gasteiger partial charge in [0.05, 0.1) is 0 Å². The Labute approximate surface area is 117 Å². The molecule has 1 aromatic rings. The van der Waals surface area contributed by atoms with Crippen LogP contribution in [0.5, 0.6) is 0 Å². The molecule has 2 saturated heterocycles. The van der Waals surface area contributed by atoms with Gasteiger partial charge < -0.3 is 10.2 Å². The van der Waals surface area contributed by atoms with Crippen molar-refractivity contribution in [1.82, 2.24) is 5.32 Å². The van der Waals surface area contributed by atoms with E-state index in [1.807, 2.05) is 0 Å². The van der Waals surface area contributed by atoms with Crippen molar-refractivity contribution in [1.29, 1.82) is 0 Å². The largest absolute Gasteiger partial charge is 0.371 e. The van der Waals surface area contributed by atoms with Crippen molar-refractivity contribution in [3.63, 3.8) is 0 Å². The number of piperidine rings is 1. The smallest absolute Gasteiger partial charge is 0.0425 e. The Bertz CT molecular complexity index is 407. The van der Waals surface area contributed by atoms with Crippen LogP contribution in [0.15, 0.2) is 18.2 Å². The van der Waals surface area contributed by atoms with Gasteiger partial charge >= 0.3 is 0 Å². The number of nitrogens with zero attached hydrogens (tertiary/aromatic N) is 1. The van der Waals surface area contributed by atoms with E-state index < -0.39 is 0 Å². The van der Waals surface area contributed by atoms with E-state index in [0.717, 1.165) is 11.8 Å². The first kappa shape index (κ1) is 13.0. The van der Waals surface area contributed by atoms with E-state index in [1.54, 1.807) is 0 Å². The maximum absolute atomic E-state index is 3.52. The van der Waals surface area contributed by atoms with E-state index in [9.17, 15) is 0 Å². The van der Waals surface area contributed by atoms with Gasteiger partial charge in [-0.05, 0) is 69.2 Å². The van der Waals surface area contributed by atoms with Crippen LogP contribution in [0.4, 0.5) is 5.69 Å². The van der Waals surface area contributed by atoms with Crippen molar-refractivity contribution in [3.05, 3.63) is 29.3 Å². The Morgan fingerprint density at radius 1 is 1.00 bits per heavy atom. The Hall–Kier alpha value is -1.02. The highest BCUT2D eigenvalue weighted by atomic mass is 15.1. The predicted octanol–water partition coefficient (Wildman–Crippen LogP) is 3.13. The molecule has 104 valence electrons. The second-order valence-electron chi connectivity index (χ2n) is 6.32. The summed E-state index contributed by atoms with van der Waals surface area (Å²) in [4.78, 5) is 2.61. The van der Waals surface area contributed by atoms with Crippen molar-refractivity contribution < 1.29 is 0 Å². The zero-order valence-corrected chi connectivity index (χ0v) is 12.3. The summed E-state index contributed by atoms with van der Waals surface area (Å²) in [5.41, 5.74) is 4.35. The fourth-order valence-corrected chi connectivity index (χ4v) is 3.98. The molecule has 0 saturated carbocycles. The van der Waals surface area contributed by atoms with Crippen LogP contribution in [0.25, 0.3) is 0 Å². The topological polar surface area (TPSA) is 15.3 Å². The minimum Gasteiger partial charge on any atom is -0.371 e. The first-order valence-electron chi connectivity index (χ1n) is 7.77. The van der Waals surface area contributed by atoms with E-state index in [1.165, 1.54) is 62.3 Å². The highest BCUT2D eigenvalue weighted by Crippen LogP contribution is 2.33. The Morgan fingerprint density at radius 2 is 1.68 bits per heavy atom. The lowest BCUT2D eigenvalue weighted by molar-refractivity contribution is 0.292. The Kier molecular flexibility index (Phi) is 3.79. The predicted molar refractivity (Wildman–Crippen MR) is 81.8 cm³/mol. The van der Waals surface area contributed by atoms with Gasteiger partial charge in [0, 0.05) is 18.8 Å². The van der Waals surface area contributed by atoms with Crippen LogP contribution in [0.2, 0.25) is 0 Å². The normalized spacial score (nSPS) is 24.9. The van der Waals surface area contributed by atoms with E-state index in [0.29, 0.717) is 0 Å². The van der Waals surface area contributed by atoms with E-state index >= 15 is 0 Å². The maximum Gasteiger partial charge on any atom is 0.0425 e. The zero-order valence-electron chi connectivity index (χ0n) is 12.3. The summed E-state index contributed by atoms with van der Waals surface area (Å²) in [7, 11) is 0. The number of benzene rings is 1. The number of para-hydroxylation sites is 1.